The van der Waals surface area contributed by atoms with Crippen molar-refractivity contribution in [3.05, 3.63) is 34.9 Å². The third-order valence-electron chi connectivity index (χ3n) is 3.40. The van der Waals surface area contributed by atoms with E-state index in [1.54, 1.807) is 0 Å². The summed E-state index contributed by atoms with van der Waals surface area (Å²) in [5.74, 6) is 0. The zero-order valence-electron chi connectivity index (χ0n) is 10.0. The molecule has 1 aliphatic carbocycles. The third kappa shape index (κ3) is 2.52. The van der Waals surface area contributed by atoms with E-state index in [9.17, 15) is 4.79 Å². The van der Waals surface area contributed by atoms with Gasteiger partial charge in [0.15, 0.2) is 5.52 Å². The van der Waals surface area contributed by atoms with Gasteiger partial charge in [0.1, 0.15) is 0 Å². The number of carbonyl (C=O) groups is 1. The van der Waals surface area contributed by atoms with Gasteiger partial charge in [0.2, 0.25) is 0 Å². The van der Waals surface area contributed by atoms with Crippen LogP contribution in [0.1, 0.15) is 47.2 Å². The summed E-state index contributed by atoms with van der Waals surface area (Å²) in [6.45, 7) is 4.08. The Kier molecular flexibility index (Phi) is 3.76. The molecule has 1 aliphatic rings. The molecule has 0 spiro atoms. The van der Waals surface area contributed by atoms with E-state index in [1.807, 2.05) is 32.0 Å². The van der Waals surface area contributed by atoms with Crippen LogP contribution in [0.2, 0.25) is 0 Å². The molecule has 1 unspecified atom stereocenters. The van der Waals surface area contributed by atoms with Crippen LogP contribution in [0.3, 0.4) is 0 Å². The highest BCUT2D eigenvalue weighted by atomic mass is 31.1. The van der Waals surface area contributed by atoms with Crippen molar-refractivity contribution in [1.82, 2.24) is 0 Å². The van der Waals surface area contributed by atoms with E-state index in [1.165, 1.54) is 25.7 Å². The summed E-state index contributed by atoms with van der Waals surface area (Å²) in [7, 11) is 0.491. The van der Waals surface area contributed by atoms with Gasteiger partial charge in [-0.1, -0.05) is 31.0 Å². The minimum absolute atomic E-state index is 0.377. The predicted octanol–water partition coefficient (Wildman–Crippen LogP) is 4.06. The Morgan fingerprint density at radius 2 is 1.75 bits per heavy atom. The molecule has 0 radical (unpaired) electrons. The maximum Gasteiger partial charge on any atom is 0.181 e. The van der Waals surface area contributed by atoms with Gasteiger partial charge in [0.25, 0.3) is 0 Å². The fourth-order valence-electron chi connectivity index (χ4n) is 2.50. The average Bonchev–Trinajstić information content (AvgIpc) is 2.70. The number of aryl methyl sites for hydroxylation is 2. The molecule has 2 rings (SSSR count). The molecule has 0 amide bonds. The summed E-state index contributed by atoms with van der Waals surface area (Å²) in [6.07, 6.45) is 5.15. The van der Waals surface area contributed by atoms with Gasteiger partial charge in [-0.05, 0) is 52.1 Å². The summed E-state index contributed by atoms with van der Waals surface area (Å²) in [5.41, 5.74) is 4.30. The molecule has 0 N–H and O–H groups in total. The largest absolute Gasteiger partial charge is 0.289 e. The van der Waals surface area contributed by atoms with Gasteiger partial charge in [-0.2, -0.15) is 0 Å². The Morgan fingerprint density at radius 1 is 1.19 bits per heavy atom. The first-order valence-electron chi connectivity index (χ1n) is 6.05. The highest BCUT2D eigenvalue weighted by Gasteiger charge is 2.20. The number of rotatable bonds is 3. The van der Waals surface area contributed by atoms with Gasteiger partial charge in [0.05, 0.1) is 0 Å². The Bertz CT molecular complexity index is 371. The van der Waals surface area contributed by atoms with Crippen LogP contribution < -0.4 is 0 Å². The van der Waals surface area contributed by atoms with Gasteiger partial charge >= 0.3 is 0 Å². The Labute approximate surface area is 99.4 Å². The number of benzene rings is 1. The molecular weight excluding hydrogens is 215 g/mol. The van der Waals surface area contributed by atoms with E-state index in [0.717, 1.165) is 16.7 Å². The van der Waals surface area contributed by atoms with Crippen LogP contribution in [-0.4, -0.2) is 11.2 Å². The van der Waals surface area contributed by atoms with Crippen molar-refractivity contribution < 1.29 is 4.79 Å². The third-order valence-corrected chi connectivity index (χ3v) is 4.90. The molecule has 16 heavy (non-hydrogen) atoms. The summed E-state index contributed by atoms with van der Waals surface area (Å²) in [6, 6.07) is 6.11. The van der Waals surface area contributed by atoms with E-state index in [4.69, 9.17) is 0 Å². The molecule has 2 heteroatoms. The number of hydrogen-bond acceptors (Lipinski definition) is 1. The van der Waals surface area contributed by atoms with Gasteiger partial charge < -0.3 is 0 Å². The lowest BCUT2D eigenvalue weighted by molar-refractivity contribution is 0.108. The normalized spacial score (nSPS) is 17.4. The lowest BCUT2D eigenvalue weighted by Crippen LogP contribution is -2.03. The number of hydrogen-bond donors (Lipinski definition) is 0. The second-order valence-electron chi connectivity index (χ2n) is 4.72. The van der Waals surface area contributed by atoms with E-state index in [-0.39, 0.29) is 0 Å². The maximum absolute atomic E-state index is 12.3. The van der Waals surface area contributed by atoms with Crippen LogP contribution in [0.15, 0.2) is 18.2 Å². The monoisotopic (exact) mass is 234 g/mol. The molecule has 1 aromatic carbocycles. The summed E-state index contributed by atoms with van der Waals surface area (Å²) >= 11 is 0. The average molecular weight is 234 g/mol. The van der Waals surface area contributed by atoms with Crippen molar-refractivity contribution in [2.45, 2.75) is 45.2 Å². The van der Waals surface area contributed by atoms with Crippen molar-refractivity contribution in [1.29, 1.82) is 0 Å². The fourth-order valence-corrected chi connectivity index (χ4v) is 4.11. The fraction of sp³-hybridized carbons (Fsp3) is 0.500. The minimum atomic E-state index is 0.377. The lowest BCUT2D eigenvalue weighted by Gasteiger charge is -2.11. The Hall–Kier alpha value is -0.680. The molecular formula is C14H19OP. The van der Waals surface area contributed by atoms with Gasteiger partial charge in [-0.3, -0.25) is 4.79 Å². The zero-order chi connectivity index (χ0) is 11.5. The van der Waals surface area contributed by atoms with Crippen molar-refractivity contribution >= 4 is 14.1 Å². The molecule has 0 heterocycles. The Morgan fingerprint density at radius 3 is 2.31 bits per heavy atom. The smallest absolute Gasteiger partial charge is 0.181 e. The van der Waals surface area contributed by atoms with E-state index in [2.05, 4.69) is 0 Å². The predicted molar refractivity (Wildman–Crippen MR) is 70.8 cm³/mol. The summed E-state index contributed by atoms with van der Waals surface area (Å²) in [5, 5.41) is 0. The van der Waals surface area contributed by atoms with E-state index >= 15 is 0 Å². The van der Waals surface area contributed by atoms with Crippen LogP contribution >= 0.6 is 8.58 Å². The van der Waals surface area contributed by atoms with E-state index in [0.29, 0.717) is 19.8 Å². The maximum atomic E-state index is 12.3. The SMILES string of the molecule is Cc1cccc(C)c1C(=O)PC1CCCC1. The highest BCUT2D eigenvalue weighted by molar-refractivity contribution is 7.59. The van der Waals surface area contributed by atoms with Crippen LogP contribution in [0, 0.1) is 13.8 Å². The molecule has 0 bridgehead atoms. The molecule has 0 aliphatic heterocycles. The molecule has 1 saturated carbocycles. The molecule has 1 nitrogen and oxygen atoms in total. The van der Waals surface area contributed by atoms with Crippen molar-refractivity contribution in [3.8, 4) is 0 Å². The summed E-state index contributed by atoms with van der Waals surface area (Å²) < 4.78 is 0. The first kappa shape index (κ1) is 11.8. The standard InChI is InChI=1S/C14H19OP/c1-10-6-5-7-11(2)13(10)14(15)16-12-8-3-4-9-12/h5-7,12,16H,3-4,8-9H2,1-2H3. The van der Waals surface area contributed by atoms with E-state index < -0.39 is 0 Å². The van der Waals surface area contributed by atoms with Crippen molar-refractivity contribution in [2.24, 2.45) is 0 Å². The molecule has 1 aromatic rings. The van der Waals surface area contributed by atoms with Crippen LogP contribution in [0.4, 0.5) is 0 Å². The van der Waals surface area contributed by atoms with Crippen molar-refractivity contribution in [2.75, 3.05) is 0 Å². The van der Waals surface area contributed by atoms with Crippen molar-refractivity contribution in [3.63, 3.8) is 0 Å². The van der Waals surface area contributed by atoms with Gasteiger partial charge in [0, 0.05) is 5.56 Å². The quantitative estimate of drug-likeness (QED) is 0.721. The van der Waals surface area contributed by atoms with Gasteiger partial charge in [-0.15, -0.1) is 0 Å². The second-order valence-corrected chi connectivity index (χ2v) is 6.28. The van der Waals surface area contributed by atoms with Crippen LogP contribution in [-0.2, 0) is 0 Å². The Balaban J connectivity index is 2.13. The topological polar surface area (TPSA) is 17.1 Å². The zero-order valence-corrected chi connectivity index (χ0v) is 11.0. The summed E-state index contributed by atoms with van der Waals surface area (Å²) in [4.78, 5) is 12.3. The van der Waals surface area contributed by atoms with Gasteiger partial charge in [-0.25, -0.2) is 0 Å². The highest BCUT2D eigenvalue weighted by Crippen LogP contribution is 2.37. The molecule has 0 aromatic heterocycles. The first-order valence-corrected chi connectivity index (χ1v) is 7.13. The number of carbonyl (C=O) groups excluding carboxylic acids is 1. The first-order chi connectivity index (χ1) is 7.68. The molecule has 1 atom stereocenters. The lowest BCUT2D eigenvalue weighted by atomic mass is 10.0. The van der Waals surface area contributed by atoms with Crippen LogP contribution in [0.5, 0.6) is 0 Å². The second kappa shape index (κ2) is 5.10. The molecule has 86 valence electrons. The molecule has 0 saturated heterocycles. The molecule has 1 fully saturated rings. The minimum Gasteiger partial charge on any atom is -0.289 e. The van der Waals surface area contributed by atoms with Crippen LogP contribution in [0.25, 0.3) is 0 Å².